The van der Waals surface area contributed by atoms with Crippen LogP contribution in [0.1, 0.15) is 10.4 Å². The molecule has 3 rings (SSSR count). The lowest BCUT2D eigenvalue weighted by molar-refractivity contribution is -0.0243. The largest absolute Gasteiger partial charge is 0.380 e. The van der Waals surface area contributed by atoms with Crippen LogP contribution in [0.25, 0.3) is 10.9 Å². The summed E-state index contributed by atoms with van der Waals surface area (Å²) >= 11 is 0. The van der Waals surface area contributed by atoms with E-state index in [0.29, 0.717) is 13.2 Å². The van der Waals surface area contributed by atoms with Gasteiger partial charge in [0.05, 0.1) is 30.8 Å². The second-order valence-electron chi connectivity index (χ2n) is 4.19. The molecule has 1 aromatic heterocycles. The first kappa shape index (κ1) is 9.54. The average Bonchev–Trinajstić information content (AvgIpc) is 2.57. The van der Waals surface area contributed by atoms with Gasteiger partial charge in [-0.3, -0.25) is 4.79 Å². The van der Waals surface area contributed by atoms with E-state index in [9.17, 15) is 4.79 Å². The molecule has 0 saturated carbocycles. The van der Waals surface area contributed by atoms with Crippen molar-refractivity contribution in [1.29, 1.82) is 0 Å². The first-order valence-electron chi connectivity index (χ1n) is 5.32. The second-order valence-corrected chi connectivity index (χ2v) is 4.19. The molecule has 0 spiro atoms. The number of hydrogen-bond donors (Lipinski definition) is 0. The van der Waals surface area contributed by atoms with Gasteiger partial charge in [-0.1, -0.05) is 12.1 Å². The summed E-state index contributed by atoms with van der Waals surface area (Å²) in [7, 11) is 0. The molecule has 0 N–H and O–H groups in total. The molecule has 2 heterocycles. The number of fused-ring (bicyclic) bond motifs is 1. The highest BCUT2D eigenvalue weighted by atomic mass is 16.5. The molecule has 1 fully saturated rings. The maximum Gasteiger partial charge on any atom is 0.255 e. The molecular weight excluding hydrogens is 204 g/mol. The number of aryl methyl sites for hydroxylation is 1. The number of carbonyl (C=O) groups excluding carboxylic acids is 1. The monoisotopic (exact) mass is 216 g/mol. The topological polar surface area (TPSA) is 44.1 Å². The van der Waals surface area contributed by atoms with Gasteiger partial charge in [-0.05, 0) is 18.6 Å². The third-order valence-corrected chi connectivity index (χ3v) is 2.92. The lowest BCUT2D eigenvalue weighted by atomic mass is 10.1. The van der Waals surface area contributed by atoms with Crippen molar-refractivity contribution in [2.75, 3.05) is 13.2 Å². The van der Waals surface area contributed by atoms with Crippen molar-refractivity contribution >= 4 is 16.8 Å². The summed E-state index contributed by atoms with van der Waals surface area (Å²) in [4.78, 5) is 12.0. The van der Waals surface area contributed by atoms with E-state index in [-0.39, 0.29) is 11.8 Å². The molecule has 0 amide bonds. The first-order chi connectivity index (χ1) is 7.75. The molecule has 0 atom stereocenters. The molecule has 4 heteroatoms. The Hall–Kier alpha value is -1.68. The summed E-state index contributed by atoms with van der Waals surface area (Å²) < 4.78 is 6.52. The number of ether oxygens (including phenoxy) is 1. The quantitative estimate of drug-likeness (QED) is 0.727. The number of aromatic nitrogens is 2. The van der Waals surface area contributed by atoms with Crippen LogP contribution in [0.2, 0.25) is 0 Å². The average molecular weight is 216 g/mol. The van der Waals surface area contributed by atoms with E-state index in [1.807, 2.05) is 25.1 Å². The standard InChI is InChI=1S/C12H12N2O2/c1-8-2-3-9-5-13-14(11(9)4-8)12(15)10-6-16-7-10/h2-5,10H,6-7H2,1H3. The van der Waals surface area contributed by atoms with Crippen LogP contribution >= 0.6 is 0 Å². The van der Waals surface area contributed by atoms with E-state index in [1.54, 1.807) is 6.20 Å². The third kappa shape index (κ3) is 1.34. The van der Waals surface area contributed by atoms with E-state index in [1.165, 1.54) is 4.68 Å². The Balaban J connectivity index is 2.08. The molecular formula is C12H12N2O2. The highest BCUT2D eigenvalue weighted by Gasteiger charge is 2.29. The van der Waals surface area contributed by atoms with E-state index >= 15 is 0 Å². The molecule has 4 nitrogen and oxygen atoms in total. The van der Waals surface area contributed by atoms with Crippen molar-refractivity contribution in [3.63, 3.8) is 0 Å². The van der Waals surface area contributed by atoms with Gasteiger partial charge in [0, 0.05) is 5.39 Å². The number of carbonyl (C=O) groups is 1. The van der Waals surface area contributed by atoms with E-state index in [2.05, 4.69) is 5.10 Å². The fourth-order valence-electron chi connectivity index (χ4n) is 1.86. The van der Waals surface area contributed by atoms with Crippen molar-refractivity contribution in [3.8, 4) is 0 Å². The maximum atomic E-state index is 12.0. The van der Waals surface area contributed by atoms with Crippen molar-refractivity contribution < 1.29 is 9.53 Å². The van der Waals surface area contributed by atoms with Crippen LogP contribution in [0.4, 0.5) is 0 Å². The summed E-state index contributed by atoms with van der Waals surface area (Å²) in [6.07, 6.45) is 1.73. The van der Waals surface area contributed by atoms with Crippen molar-refractivity contribution in [3.05, 3.63) is 30.0 Å². The zero-order chi connectivity index (χ0) is 11.1. The predicted molar refractivity (Wildman–Crippen MR) is 59.4 cm³/mol. The van der Waals surface area contributed by atoms with Gasteiger partial charge in [-0.2, -0.15) is 9.78 Å². The molecule has 1 aromatic carbocycles. The molecule has 0 aliphatic carbocycles. The van der Waals surface area contributed by atoms with Gasteiger partial charge in [0.15, 0.2) is 0 Å². The zero-order valence-electron chi connectivity index (χ0n) is 9.01. The molecule has 16 heavy (non-hydrogen) atoms. The third-order valence-electron chi connectivity index (χ3n) is 2.92. The van der Waals surface area contributed by atoms with Gasteiger partial charge in [0.2, 0.25) is 0 Å². The van der Waals surface area contributed by atoms with E-state index < -0.39 is 0 Å². The lowest BCUT2D eigenvalue weighted by Gasteiger charge is -2.24. The van der Waals surface area contributed by atoms with Crippen LogP contribution in [0.3, 0.4) is 0 Å². The molecule has 1 aliphatic rings. The van der Waals surface area contributed by atoms with Crippen LogP contribution in [-0.4, -0.2) is 28.9 Å². The number of rotatable bonds is 1. The molecule has 82 valence electrons. The fourth-order valence-corrected chi connectivity index (χ4v) is 1.86. The van der Waals surface area contributed by atoms with Gasteiger partial charge in [0.25, 0.3) is 5.91 Å². The molecule has 0 radical (unpaired) electrons. The Bertz CT molecular complexity index is 555. The Morgan fingerprint density at radius 3 is 3.00 bits per heavy atom. The highest BCUT2D eigenvalue weighted by molar-refractivity contribution is 5.92. The Morgan fingerprint density at radius 2 is 2.31 bits per heavy atom. The predicted octanol–water partition coefficient (Wildman–Crippen LogP) is 1.63. The van der Waals surface area contributed by atoms with Crippen LogP contribution in [-0.2, 0) is 4.74 Å². The smallest absolute Gasteiger partial charge is 0.255 e. The van der Waals surface area contributed by atoms with Crippen LogP contribution < -0.4 is 0 Å². The Labute approximate surface area is 92.8 Å². The van der Waals surface area contributed by atoms with Crippen LogP contribution in [0.15, 0.2) is 24.4 Å². The molecule has 0 bridgehead atoms. The summed E-state index contributed by atoms with van der Waals surface area (Å²) in [5.41, 5.74) is 2.02. The van der Waals surface area contributed by atoms with E-state index in [0.717, 1.165) is 16.5 Å². The van der Waals surface area contributed by atoms with Gasteiger partial charge in [-0.15, -0.1) is 0 Å². The second kappa shape index (κ2) is 3.42. The van der Waals surface area contributed by atoms with E-state index in [4.69, 9.17) is 4.74 Å². The fraction of sp³-hybridized carbons (Fsp3) is 0.333. The summed E-state index contributed by atoms with van der Waals surface area (Å²) in [5.74, 6) is 0.00969. The van der Waals surface area contributed by atoms with Crippen LogP contribution in [0, 0.1) is 12.8 Å². The number of benzene rings is 1. The van der Waals surface area contributed by atoms with Crippen molar-refractivity contribution in [1.82, 2.24) is 9.78 Å². The van der Waals surface area contributed by atoms with Gasteiger partial charge >= 0.3 is 0 Å². The summed E-state index contributed by atoms with van der Waals surface area (Å²) in [6, 6.07) is 5.99. The van der Waals surface area contributed by atoms with Crippen molar-refractivity contribution in [2.24, 2.45) is 5.92 Å². The van der Waals surface area contributed by atoms with Crippen molar-refractivity contribution in [2.45, 2.75) is 6.92 Å². The zero-order valence-corrected chi connectivity index (χ0v) is 9.01. The van der Waals surface area contributed by atoms with Gasteiger partial charge in [0.1, 0.15) is 0 Å². The Morgan fingerprint density at radius 1 is 1.50 bits per heavy atom. The molecule has 0 unspecified atom stereocenters. The Kier molecular flexibility index (Phi) is 2.04. The SMILES string of the molecule is Cc1ccc2cnn(C(=O)C3COC3)c2c1. The minimum Gasteiger partial charge on any atom is -0.380 e. The minimum absolute atomic E-state index is 0.0244. The van der Waals surface area contributed by atoms with Crippen LogP contribution in [0.5, 0.6) is 0 Å². The van der Waals surface area contributed by atoms with Gasteiger partial charge < -0.3 is 4.74 Å². The molecule has 2 aromatic rings. The maximum absolute atomic E-state index is 12.0. The number of hydrogen-bond acceptors (Lipinski definition) is 3. The van der Waals surface area contributed by atoms with Gasteiger partial charge in [-0.25, -0.2) is 0 Å². The summed E-state index contributed by atoms with van der Waals surface area (Å²) in [6.45, 7) is 3.05. The lowest BCUT2D eigenvalue weighted by Crippen LogP contribution is -2.38. The summed E-state index contributed by atoms with van der Waals surface area (Å²) in [5, 5.41) is 5.15. The highest BCUT2D eigenvalue weighted by Crippen LogP contribution is 2.19. The molecule has 1 saturated heterocycles. The molecule has 1 aliphatic heterocycles. The normalized spacial score (nSPS) is 16.3. The number of nitrogens with zero attached hydrogens (tertiary/aromatic N) is 2. The first-order valence-corrected chi connectivity index (χ1v) is 5.32. The minimum atomic E-state index is -0.0244.